The van der Waals surface area contributed by atoms with Crippen molar-refractivity contribution in [2.45, 2.75) is 49.6 Å². The van der Waals surface area contributed by atoms with Gasteiger partial charge in [-0.3, -0.25) is 19.5 Å². The maximum absolute atomic E-state index is 13.3. The first-order valence-electron chi connectivity index (χ1n) is 13.7. The summed E-state index contributed by atoms with van der Waals surface area (Å²) >= 11 is 0. The van der Waals surface area contributed by atoms with E-state index < -0.39 is 5.54 Å². The lowest BCUT2D eigenvalue weighted by Crippen LogP contribution is -2.57. The third kappa shape index (κ3) is 5.97. The van der Waals surface area contributed by atoms with Crippen molar-refractivity contribution in [3.63, 3.8) is 0 Å². The fraction of sp³-hybridized carbons (Fsp3) is 0.387. The van der Waals surface area contributed by atoms with Gasteiger partial charge in [0.1, 0.15) is 5.54 Å². The minimum absolute atomic E-state index is 0. The molecule has 1 aliphatic carbocycles. The first-order chi connectivity index (χ1) is 18.6. The summed E-state index contributed by atoms with van der Waals surface area (Å²) in [6.45, 7) is 2.33. The Kier molecular flexibility index (Phi) is 9.72. The number of likely N-dealkylation sites (tertiary alicyclic amines) is 1. The van der Waals surface area contributed by atoms with Crippen molar-refractivity contribution in [3.8, 4) is 0 Å². The smallest absolute Gasteiger partial charge is 0.247 e. The van der Waals surface area contributed by atoms with Crippen LogP contribution >= 0.6 is 24.8 Å². The van der Waals surface area contributed by atoms with Crippen LogP contribution in [0.5, 0.6) is 0 Å². The van der Waals surface area contributed by atoms with E-state index in [9.17, 15) is 9.59 Å². The van der Waals surface area contributed by atoms with Crippen LogP contribution in [0.1, 0.15) is 41.9 Å². The molecule has 2 aliphatic heterocycles. The molecule has 3 aliphatic rings. The Labute approximate surface area is 248 Å². The highest BCUT2D eigenvalue weighted by Gasteiger charge is 2.50. The first kappa shape index (κ1) is 29.8. The number of para-hydroxylation sites is 1. The molecule has 7 nitrogen and oxygen atoms in total. The van der Waals surface area contributed by atoms with Crippen LogP contribution in [-0.2, 0) is 22.4 Å². The van der Waals surface area contributed by atoms with Gasteiger partial charge < -0.3 is 15.5 Å². The first-order valence-corrected chi connectivity index (χ1v) is 13.7. The minimum Gasteiger partial charge on any atom is -0.352 e. The standard InChI is InChI=1S/C31H35N5O2.2ClH/c37-29(21-35-17-14-31(15-18-35)30(38)33-22-36(31)25-9-2-1-3-10-25)34-28-13-12-24-8-4-5-11-26(24)27(28)19-23-7-6-16-32-20-23;;/h1-11,16,20,27-28H,12-15,17-19,21-22H2,(H,33,38)(H,34,37);2*1H/t27-,28+;;/m1../s1. The van der Waals surface area contributed by atoms with Crippen molar-refractivity contribution < 1.29 is 9.59 Å². The highest BCUT2D eigenvalue weighted by Crippen LogP contribution is 2.37. The van der Waals surface area contributed by atoms with Gasteiger partial charge in [0.2, 0.25) is 11.8 Å². The molecule has 0 unspecified atom stereocenters. The second-order valence-corrected chi connectivity index (χ2v) is 10.8. The molecule has 2 fully saturated rings. The lowest BCUT2D eigenvalue weighted by atomic mass is 9.76. The van der Waals surface area contributed by atoms with Crippen molar-refractivity contribution in [1.82, 2.24) is 20.5 Å². The molecule has 2 N–H and O–H groups in total. The van der Waals surface area contributed by atoms with E-state index in [-0.39, 0.29) is 48.6 Å². The van der Waals surface area contributed by atoms with Gasteiger partial charge >= 0.3 is 0 Å². The molecule has 0 bridgehead atoms. The third-order valence-electron chi connectivity index (χ3n) is 8.65. The SMILES string of the molecule is Cl.Cl.O=C(CN1CCC2(CC1)C(=O)NCN2c1ccccc1)N[C@H]1CCc2ccccc2[C@H]1Cc1cccnc1. The minimum atomic E-state index is -0.532. The van der Waals surface area contributed by atoms with Gasteiger partial charge in [0.15, 0.2) is 0 Å². The molecule has 0 saturated carbocycles. The number of nitrogens with zero attached hydrogens (tertiary/aromatic N) is 3. The van der Waals surface area contributed by atoms with E-state index >= 15 is 0 Å². The number of aromatic nitrogens is 1. The molecule has 6 rings (SSSR count). The number of benzene rings is 2. The number of fused-ring (bicyclic) bond motifs is 1. The average Bonchev–Trinajstić information content (AvgIpc) is 3.27. The average molecular weight is 583 g/mol. The van der Waals surface area contributed by atoms with E-state index in [1.807, 2.05) is 30.5 Å². The van der Waals surface area contributed by atoms with Gasteiger partial charge in [0.25, 0.3) is 0 Å². The molecule has 2 amide bonds. The molecule has 0 radical (unpaired) electrons. The Morgan fingerprint density at radius 3 is 2.50 bits per heavy atom. The van der Waals surface area contributed by atoms with E-state index in [1.165, 1.54) is 16.7 Å². The summed E-state index contributed by atoms with van der Waals surface area (Å²) < 4.78 is 0. The molecule has 2 aromatic carbocycles. The van der Waals surface area contributed by atoms with Crippen molar-refractivity contribution in [2.75, 3.05) is 31.2 Å². The Bertz CT molecular complexity index is 1290. The number of rotatable bonds is 6. The number of hydrogen-bond donors (Lipinski definition) is 2. The van der Waals surface area contributed by atoms with Gasteiger partial charge in [-0.05, 0) is 67.0 Å². The van der Waals surface area contributed by atoms with Crippen molar-refractivity contribution in [1.29, 1.82) is 0 Å². The van der Waals surface area contributed by atoms with Crippen LogP contribution < -0.4 is 15.5 Å². The van der Waals surface area contributed by atoms with Crippen LogP contribution in [0.3, 0.4) is 0 Å². The van der Waals surface area contributed by atoms with Crippen LogP contribution in [0.4, 0.5) is 5.69 Å². The van der Waals surface area contributed by atoms with E-state index in [0.29, 0.717) is 26.1 Å². The predicted molar refractivity (Wildman–Crippen MR) is 162 cm³/mol. The van der Waals surface area contributed by atoms with Crippen LogP contribution in [0.15, 0.2) is 79.1 Å². The van der Waals surface area contributed by atoms with Crippen LogP contribution in [0.25, 0.3) is 0 Å². The van der Waals surface area contributed by atoms with Crippen molar-refractivity contribution in [2.24, 2.45) is 0 Å². The maximum atomic E-state index is 13.3. The zero-order chi connectivity index (χ0) is 26.0. The number of pyridine rings is 1. The monoisotopic (exact) mass is 581 g/mol. The normalized spacial score (nSPS) is 21.5. The molecule has 1 spiro atoms. The fourth-order valence-corrected chi connectivity index (χ4v) is 6.62. The summed E-state index contributed by atoms with van der Waals surface area (Å²) in [5, 5.41) is 6.45. The molecular formula is C31H37Cl2N5O2. The molecule has 1 aromatic heterocycles. The van der Waals surface area contributed by atoms with Gasteiger partial charge in [-0.1, -0.05) is 48.5 Å². The molecule has 3 heterocycles. The zero-order valence-corrected chi connectivity index (χ0v) is 24.1. The summed E-state index contributed by atoms with van der Waals surface area (Å²) in [4.78, 5) is 35.0. The fourth-order valence-electron chi connectivity index (χ4n) is 6.62. The van der Waals surface area contributed by atoms with Crippen LogP contribution in [0.2, 0.25) is 0 Å². The topological polar surface area (TPSA) is 77.6 Å². The third-order valence-corrected chi connectivity index (χ3v) is 8.65. The summed E-state index contributed by atoms with van der Waals surface area (Å²) in [5.74, 6) is 0.390. The van der Waals surface area contributed by atoms with E-state index in [4.69, 9.17) is 0 Å². The number of amides is 2. The molecule has 9 heteroatoms. The van der Waals surface area contributed by atoms with Gasteiger partial charge in [-0.2, -0.15) is 0 Å². The maximum Gasteiger partial charge on any atom is 0.247 e. The van der Waals surface area contributed by atoms with Gasteiger partial charge in [0, 0.05) is 43.1 Å². The molecular weight excluding hydrogens is 545 g/mol. The second-order valence-electron chi connectivity index (χ2n) is 10.8. The molecule has 3 aromatic rings. The summed E-state index contributed by atoms with van der Waals surface area (Å²) in [5.41, 5.74) is 4.44. The highest BCUT2D eigenvalue weighted by atomic mass is 35.5. The largest absolute Gasteiger partial charge is 0.352 e. The number of carbonyl (C=O) groups is 2. The molecule has 40 heavy (non-hydrogen) atoms. The lowest BCUT2D eigenvalue weighted by molar-refractivity contribution is -0.126. The molecule has 2 atom stereocenters. The lowest BCUT2D eigenvalue weighted by Gasteiger charge is -2.43. The van der Waals surface area contributed by atoms with Crippen LogP contribution in [-0.4, -0.2) is 59.6 Å². The Morgan fingerprint density at radius 2 is 1.75 bits per heavy atom. The number of halogens is 2. The van der Waals surface area contributed by atoms with E-state index in [1.54, 1.807) is 6.20 Å². The van der Waals surface area contributed by atoms with Gasteiger partial charge in [-0.15, -0.1) is 24.8 Å². The van der Waals surface area contributed by atoms with E-state index in [0.717, 1.165) is 38.0 Å². The van der Waals surface area contributed by atoms with Gasteiger partial charge in [0.05, 0.1) is 13.2 Å². The molecule has 2 saturated heterocycles. The number of aryl methyl sites for hydroxylation is 1. The number of piperidine rings is 1. The summed E-state index contributed by atoms with van der Waals surface area (Å²) in [7, 11) is 0. The zero-order valence-electron chi connectivity index (χ0n) is 22.5. The van der Waals surface area contributed by atoms with Gasteiger partial charge in [-0.25, -0.2) is 0 Å². The number of hydrogen-bond acceptors (Lipinski definition) is 5. The Balaban J connectivity index is 0.00000185. The second kappa shape index (κ2) is 13.0. The summed E-state index contributed by atoms with van der Waals surface area (Å²) in [6, 6.07) is 22.9. The number of nitrogens with one attached hydrogen (secondary N) is 2. The summed E-state index contributed by atoms with van der Waals surface area (Å²) in [6.07, 6.45) is 7.91. The number of anilines is 1. The molecule has 212 valence electrons. The Hall–Kier alpha value is -3.13. The Morgan fingerprint density at radius 1 is 1.00 bits per heavy atom. The van der Waals surface area contributed by atoms with Crippen molar-refractivity contribution in [3.05, 3.63) is 95.8 Å². The van der Waals surface area contributed by atoms with Crippen molar-refractivity contribution >= 4 is 42.3 Å². The highest BCUT2D eigenvalue weighted by molar-refractivity contribution is 5.93. The quantitative estimate of drug-likeness (QED) is 0.458. The van der Waals surface area contributed by atoms with E-state index in [2.05, 4.69) is 67.9 Å². The predicted octanol–water partition coefficient (Wildman–Crippen LogP) is 4.11. The number of carbonyl (C=O) groups excluding carboxylic acids is 2. The van der Waals surface area contributed by atoms with Crippen LogP contribution in [0, 0.1) is 0 Å².